The predicted molar refractivity (Wildman–Crippen MR) is 65.3 cm³/mol. The summed E-state index contributed by atoms with van der Waals surface area (Å²) in [4.78, 5) is 11.1. The summed E-state index contributed by atoms with van der Waals surface area (Å²) < 4.78 is 5.88. The van der Waals surface area contributed by atoms with Crippen LogP contribution in [0.4, 0.5) is 0 Å². The number of ketones is 1. The third-order valence-corrected chi connectivity index (χ3v) is 3.47. The Labute approximate surface area is 94.4 Å². The van der Waals surface area contributed by atoms with E-state index in [9.17, 15) is 4.79 Å². The Hall–Kier alpha value is -0.573. The molecule has 0 aliphatic heterocycles. The van der Waals surface area contributed by atoms with Gasteiger partial charge in [0.2, 0.25) is 9.04 Å². The number of hydrogen-bond acceptors (Lipinski definition) is 2. The number of allylic oxidation sites excluding steroid dienone is 2. The molecule has 86 valence electrons. The van der Waals surface area contributed by atoms with Crippen LogP contribution in [0.3, 0.4) is 0 Å². The van der Waals surface area contributed by atoms with Crippen molar-refractivity contribution in [1.82, 2.24) is 0 Å². The lowest BCUT2D eigenvalue weighted by atomic mass is 9.87. The minimum atomic E-state index is -1.08. The van der Waals surface area contributed by atoms with Crippen LogP contribution in [0.25, 0.3) is 0 Å². The summed E-state index contributed by atoms with van der Waals surface area (Å²) in [7, 11) is -1.08. The van der Waals surface area contributed by atoms with Crippen molar-refractivity contribution < 1.29 is 9.22 Å². The number of carbonyl (C=O) groups excluding carboxylic acids is 1. The van der Waals surface area contributed by atoms with Crippen molar-refractivity contribution in [3.05, 3.63) is 11.8 Å². The van der Waals surface area contributed by atoms with Gasteiger partial charge >= 0.3 is 0 Å². The van der Waals surface area contributed by atoms with E-state index in [1.165, 1.54) is 32.1 Å². The van der Waals surface area contributed by atoms with Crippen LogP contribution in [-0.4, -0.2) is 14.8 Å². The molecular weight excluding hydrogens is 204 g/mol. The first-order valence-corrected chi connectivity index (χ1v) is 8.76. The van der Waals surface area contributed by atoms with Gasteiger partial charge in [-0.25, -0.2) is 0 Å². The van der Waals surface area contributed by atoms with E-state index < -0.39 is 9.04 Å². The van der Waals surface area contributed by atoms with E-state index in [2.05, 4.69) is 13.1 Å². The Balaban J connectivity index is 2.65. The van der Waals surface area contributed by atoms with Gasteiger partial charge < -0.3 is 4.43 Å². The van der Waals surface area contributed by atoms with Crippen LogP contribution in [0, 0.1) is 5.92 Å². The topological polar surface area (TPSA) is 26.3 Å². The van der Waals surface area contributed by atoms with Gasteiger partial charge in [-0.3, -0.25) is 4.79 Å². The van der Waals surface area contributed by atoms with Gasteiger partial charge in [0, 0.05) is 12.0 Å². The van der Waals surface area contributed by atoms with Crippen molar-refractivity contribution in [2.24, 2.45) is 5.92 Å². The molecule has 0 aromatic heterocycles. The molecule has 0 amide bonds. The molecule has 0 spiro atoms. The zero-order valence-corrected chi connectivity index (χ0v) is 11.2. The molecule has 3 heteroatoms. The Morgan fingerprint density at radius 1 is 1.27 bits per heavy atom. The van der Waals surface area contributed by atoms with Crippen molar-refractivity contribution in [3.8, 4) is 0 Å². The molecule has 0 bridgehead atoms. The van der Waals surface area contributed by atoms with Gasteiger partial charge in [0.05, 0.1) is 5.76 Å². The van der Waals surface area contributed by atoms with Gasteiger partial charge in [0.1, 0.15) is 0 Å². The molecule has 0 atom stereocenters. The van der Waals surface area contributed by atoms with Crippen molar-refractivity contribution in [1.29, 1.82) is 0 Å². The average molecular weight is 226 g/mol. The maximum absolute atomic E-state index is 11.1. The van der Waals surface area contributed by atoms with E-state index in [4.69, 9.17) is 4.43 Å². The van der Waals surface area contributed by atoms with Crippen molar-refractivity contribution in [2.75, 3.05) is 0 Å². The molecule has 1 aliphatic rings. The minimum Gasteiger partial charge on any atom is -0.550 e. The van der Waals surface area contributed by atoms with Gasteiger partial charge in [0.15, 0.2) is 5.78 Å². The standard InChI is InChI=1S/C12H22O2Si/c1-10(13)9-12(14-15(2)3)11-7-5-4-6-8-11/h9,11,15H,4-8H2,1-3H3/b12-9+. The lowest BCUT2D eigenvalue weighted by Crippen LogP contribution is -2.17. The average Bonchev–Trinajstić information content (AvgIpc) is 2.17. The maximum Gasteiger partial charge on any atom is 0.229 e. The maximum atomic E-state index is 11.1. The highest BCUT2D eigenvalue weighted by molar-refractivity contribution is 6.48. The van der Waals surface area contributed by atoms with E-state index in [-0.39, 0.29) is 5.78 Å². The molecule has 0 heterocycles. The third-order valence-electron chi connectivity index (χ3n) is 2.72. The van der Waals surface area contributed by atoms with E-state index in [0.29, 0.717) is 5.92 Å². The Morgan fingerprint density at radius 2 is 1.87 bits per heavy atom. The van der Waals surface area contributed by atoms with Gasteiger partial charge in [0.25, 0.3) is 0 Å². The molecule has 15 heavy (non-hydrogen) atoms. The zero-order chi connectivity index (χ0) is 11.3. The van der Waals surface area contributed by atoms with E-state index >= 15 is 0 Å². The summed E-state index contributed by atoms with van der Waals surface area (Å²) >= 11 is 0. The summed E-state index contributed by atoms with van der Waals surface area (Å²) in [6.45, 7) is 5.90. The SMILES string of the molecule is CC(=O)/C=C(/O[SiH](C)C)C1CCCCC1. The van der Waals surface area contributed by atoms with E-state index in [0.717, 1.165) is 5.76 Å². The molecule has 1 rings (SSSR count). The normalized spacial score (nSPS) is 19.3. The largest absolute Gasteiger partial charge is 0.550 e. The van der Waals surface area contributed by atoms with Crippen LogP contribution >= 0.6 is 0 Å². The fourth-order valence-corrected chi connectivity index (χ4v) is 2.91. The van der Waals surface area contributed by atoms with Crippen LogP contribution in [0.5, 0.6) is 0 Å². The monoisotopic (exact) mass is 226 g/mol. The first kappa shape index (κ1) is 12.5. The molecule has 2 nitrogen and oxygen atoms in total. The number of rotatable bonds is 4. The minimum absolute atomic E-state index is 0.116. The third kappa shape index (κ3) is 4.65. The van der Waals surface area contributed by atoms with Crippen LogP contribution in [0.1, 0.15) is 39.0 Å². The summed E-state index contributed by atoms with van der Waals surface area (Å²) in [5.41, 5.74) is 0. The molecule has 0 N–H and O–H groups in total. The molecule has 0 aromatic rings. The summed E-state index contributed by atoms with van der Waals surface area (Å²) in [6, 6.07) is 0. The van der Waals surface area contributed by atoms with Crippen molar-refractivity contribution >= 4 is 14.8 Å². The Morgan fingerprint density at radius 3 is 2.33 bits per heavy atom. The molecule has 1 fully saturated rings. The summed E-state index contributed by atoms with van der Waals surface area (Å²) in [5.74, 6) is 1.60. The lowest BCUT2D eigenvalue weighted by molar-refractivity contribution is -0.112. The first-order valence-electron chi connectivity index (χ1n) is 5.98. The molecule has 0 radical (unpaired) electrons. The highest BCUT2D eigenvalue weighted by atomic mass is 28.3. The lowest BCUT2D eigenvalue weighted by Gasteiger charge is -2.26. The van der Waals surface area contributed by atoms with Crippen molar-refractivity contribution in [2.45, 2.75) is 52.1 Å². The highest BCUT2D eigenvalue weighted by Gasteiger charge is 2.20. The molecule has 1 aliphatic carbocycles. The van der Waals surface area contributed by atoms with Gasteiger partial charge in [-0.15, -0.1) is 0 Å². The number of carbonyl (C=O) groups is 1. The number of hydrogen-bond donors (Lipinski definition) is 0. The second kappa shape index (κ2) is 6.11. The summed E-state index contributed by atoms with van der Waals surface area (Å²) in [5, 5.41) is 0. The van der Waals surface area contributed by atoms with Crippen LogP contribution < -0.4 is 0 Å². The van der Waals surface area contributed by atoms with Gasteiger partial charge in [-0.1, -0.05) is 19.3 Å². The van der Waals surface area contributed by atoms with Gasteiger partial charge in [-0.05, 0) is 32.9 Å². The van der Waals surface area contributed by atoms with E-state index in [1.807, 2.05) is 0 Å². The molecular formula is C12H22O2Si. The van der Waals surface area contributed by atoms with E-state index in [1.54, 1.807) is 13.0 Å². The van der Waals surface area contributed by atoms with Crippen LogP contribution in [0.2, 0.25) is 13.1 Å². The molecule has 0 saturated heterocycles. The fourth-order valence-electron chi connectivity index (χ4n) is 2.11. The second-order valence-electron chi connectivity index (χ2n) is 4.66. The Kier molecular flexibility index (Phi) is 5.09. The van der Waals surface area contributed by atoms with Gasteiger partial charge in [-0.2, -0.15) is 0 Å². The molecule has 0 aromatic carbocycles. The smallest absolute Gasteiger partial charge is 0.229 e. The quantitative estimate of drug-likeness (QED) is 0.418. The second-order valence-corrected chi connectivity index (χ2v) is 6.99. The zero-order valence-electron chi connectivity index (χ0n) is 10.1. The molecule has 1 saturated carbocycles. The van der Waals surface area contributed by atoms with Crippen LogP contribution in [-0.2, 0) is 9.22 Å². The highest BCUT2D eigenvalue weighted by Crippen LogP contribution is 2.30. The fraction of sp³-hybridized carbons (Fsp3) is 0.750. The predicted octanol–water partition coefficient (Wildman–Crippen LogP) is 3.04. The first-order chi connectivity index (χ1) is 7.09. The summed E-state index contributed by atoms with van der Waals surface area (Å²) in [6.07, 6.45) is 8.00. The molecule has 0 unspecified atom stereocenters. The Bertz CT molecular complexity index is 240. The van der Waals surface area contributed by atoms with Crippen LogP contribution in [0.15, 0.2) is 11.8 Å². The van der Waals surface area contributed by atoms with Crippen molar-refractivity contribution in [3.63, 3.8) is 0 Å².